The number of carbonyl (C=O) groups is 1. The van der Waals surface area contributed by atoms with Gasteiger partial charge < -0.3 is 20.1 Å². The highest BCUT2D eigenvalue weighted by Gasteiger charge is 2.15. The predicted molar refractivity (Wildman–Crippen MR) is 87.2 cm³/mol. The number of anilines is 1. The van der Waals surface area contributed by atoms with Gasteiger partial charge in [0.15, 0.2) is 0 Å². The van der Waals surface area contributed by atoms with Crippen LogP contribution in [0.3, 0.4) is 0 Å². The molecule has 0 atom stereocenters. The maximum Gasteiger partial charge on any atom is 0.250 e. The van der Waals surface area contributed by atoms with E-state index in [1.807, 2.05) is 24.3 Å². The molecule has 1 heterocycles. The van der Waals surface area contributed by atoms with Crippen LogP contribution in [0.15, 0.2) is 24.3 Å². The molecule has 1 amide bonds. The molecule has 2 rings (SSSR count). The number of carbonyl (C=O) groups excluding carboxylic acids is 1. The number of hydrogen-bond donors (Lipinski definition) is 2. The van der Waals surface area contributed by atoms with Crippen molar-refractivity contribution < 1.29 is 14.3 Å². The average Bonchev–Trinajstić information content (AvgIpc) is 2.53. The van der Waals surface area contributed by atoms with E-state index in [2.05, 4.69) is 24.5 Å². The van der Waals surface area contributed by atoms with Gasteiger partial charge in [0.1, 0.15) is 12.4 Å². The van der Waals surface area contributed by atoms with Crippen molar-refractivity contribution in [3.63, 3.8) is 0 Å². The fourth-order valence-electron chi connectivity index (χ4n) is 2.29. The second kappa shape index (κ2) is 8.76. The molecule has 0 spiro atoms. The molecule has 0 aliphatic carbocycles. The Hall–Kier alpha value is -1.59. The number of para-hydroxylation sites is 2. The number of benzene rings is 1. The Bertz CT molecular complexity index is 471. The minimum absolute atomic E-state index is 0.0865. The molecular formula is C17H26N2O3. The molecule has 5 nitrogen and oxygen atoms in total. The molecule has 0 unspecified atom stereocenters. The summed E-state index contributed by atoms with van der Waals surface area (Å²) in [5.41, 5.74) is 0.696. The molecule has 1 aromatic carbocycles. The van der Waals surface area contributed by atoms with E-state index in [4.69, 9.17) is 9.47 Å². The van der Waals surface area contributed by atoms with Crippen molar-refractivity contribution in [2.75, 3.05) is 31.6 Å². The van der Waals surface area contributed by atoms with E-state index in [-0.39, 0.29) is 18.6 Å². The van der Waals surface area contributed by atoms with Crippen molar-refractivity contribution >= 4 is 11.6 Å². The summed E-state index contributed by atoms with van der Waals surface area (Å²) in [6.07, 6.45) is 2.10. The Morgan fingerprint density at radius 1 is 1.32 bits per heavy atom. The van der Waals surface area contributed by atoms with Crippen LogP contribution < -0.4 is 15.4 Å². The van der Waals surface area contributed by atoms with Gasteiger partial charge in [0, 0.05) is 0 Å². The maximum absolute atomic E-state index is 12.0. The molecule has 0 aromatic heterocycles. The topological polar surface area (TPSA) is 59.6 Å². The highest BCUT2D eigenvalue weighted by Crippen LogP contribution is 2.24. The van der Waals surface area contributed by atoms with Gasteiger partial charge in [-0.1, -0.05) is 26.0 Å². The third-order valence-corrected chi connectivity index (χ3v) is 3.47. The summed E-state index contributed by atoms with van der Waals surface area (Å²) in [5, 5.41) is 6.14. The Balaban J connectivity index is 1.82. The van der Waals surface area contributed by atoms with Gasteiger partial charge >= 0.3 is 0 Å². The third kappa shape index (κ3) is 5.66. The first-order chi connectivity index (χ1) is 10.6. The van der Waals surface area contributed by atoms with Crippen molar-refractivity contribution in [1.29, 1.82) is 0 Å². The van der Waals surface area contributed by atoms with Crippen LogP contribution in [0.5, 0.6) is 5.75 Å². The van der Waals surface area contributed by atoms with Crippen molar-refractivity contribution in [2.24, 2.45) is 5.92 Å². The minimum Gasteiger partial charge on any atom is -0.491 e. The number of amides is 1. The standard InChI is InChI=1S/C17H26N2O3/c1-13(2)11-22-16-6-4-3-5-15(16)19-17(20)12-21-14-7-9-18-10-8-14/h3-6,13-14,18H,7-12H2,1-2H3,(H,19,20). The van der Waals surface area contributed by atoms with Crippen LogP contribution >= 0.6 is 0 Å². The first-order valence-electron chi connectivity index (χ1n) is 7.99. The molecule has 0 saturated carbocycles. The van der Waals surface area contributed by atoms with Crippen LogP contribution in [0, 0.1) is 5.92 Å². The van der Waals surface area contributed by atoms with Crippen LogP contribution in [0.2, 0.25) is 0 Å². The van der Waals surface area contributed by atoms with E-state index < -0.39 is 0 Å². The summed E-state index contributed by atoms with van der Waals surface area (Å²) in [6.45, 7) is 6.81. The molecule has 1 aliphatic rings. The molecule has 22 heavy (non-hydrogen) atoms. The average molecular weight is 306 g/mol. The Morgan fingerprint density at radius 3 is 2.77 bits per heavy atom. The highest BCUT2D eigenvalue weighted by molar-refractivity contribution is 5.93. The quantitative estimate of drug-likeness (QED) is 0.812. The Labute approximate surface area is 132 Å². The van der Waals surface area contributed by atoms with Crippen molar-refractivity contribution in [3.05, 3.63) is 24.3 Å². The molecule has 1 aromatic rings. The zero-order chi connectivity index (χ0) is 15.8. The number of hydrogen-bond acceptors (Lipinski definition) is 4. The van der Waals surface area contributed by atoms with E-state index in [0.717, 1.165) is 25.9 Å². The van der Waals surface area contributed by atoms with Gasteiger partial charge in [0.2, 0.25) is 5.91 Å². The smallest absolute Gasteiger partial charge is 0.250 e. The summed E-state index contributed by atoms with van der Waals surface area (Å²) in [6, 6.07) is 7.49. The molecule has 1 saturated heterocycles. The largest absolute Gasteiger partial charge is 0.491 e. The molecule has 0 bridgehead atoms. The fraction of sp³-hybridized carbons (Fsp3) is 0.588. The van der Waals surface area contributed by atoms with Crippen LogP contribution in [0.25, 0.3) is 0 Å². The van der Waals surface area contributed by atoms with Crippen LogP contribution in [-0.2, 0) is 9.53 Å². The van der Waals surface area contributed by atoms with E-state index in [1.54, 1.807) is 0 Å². The number of ether oxygens (including phenoxy) is 2. The van der Waals surface area contributed by atoms with Gasteiger partial charge in [-0.25, -0.2) is 0 Å². The molecular weight excluding hydrogens is 280 g/mol. The van der Waals surface area contributed by atoms with E-state index in [9.17, 15) is 4.79 Å². The molecule has 1 aliphatic heterocycles. The van der Waals surface area contributed by atoms with Crippen molar-refractivity contribution in [3.8, 4) is 5.75 Å². The van der Waals surface area contributed by atoms with Crippen molar-refractivity contribution in [2.45, 2.75) is 32.8 Å². The minimum atomic E-state index is -0.140. The van der Waals surface area contributed by atoms with Gasteiger partial charge in [-0.15, -0.1) is 0 Å². The monoisotopic (exact) mass is 306 g/mol. The fourth-order valence-corrected chi connectivity index (χ4v) is 2.29. The second-order valence-corrected chi connectivity index (χ2v) is 6.01. The normalized spacial score (nSPS) is 15.8. The van der Waals surface area contributed by atoms with Crippen LogP contribution in [0.4, 0.5) is 5.69 Å². The first-order valence-corrected chi connectivity index (χ1v) is 7.99. The van der Waals surface area contributed by atoms with Gasteiger partial charge in [-0.05, 0) is 44.0 Å². The lowest BCUT2D eigenvalue weighted by Gasteiger charge is -2.22. The molecule has 5 heteroatoms. The lowest BCUT2D eigenvalue weighted by Crippen LogP contribution is -2.34. The molecule has 2 N–H and O–H groups in total. The zero-order valence-corrected chi connectivity index (χ0v) is 13.4. The van der Waals surface area contributed by atoms with E-state index in [0.29, 0.717) is 24.0 Å². The summed E-state index contributed by atoms with van der Waals surface area (Å²) in [7, 11) is 0. The summed E-state index contributed by atoms with van der Waals surface area (Å²) < 4.78 is 11.4. The lowest BCUT2D eigenvalue weighted by atomic mass is 10.1. The number of rotatable bonds is 7. The lowest BCUT2D eigenvalue weighted by molar-refractivity contribution is -0.123. The van der Waals surface area contributed by atoms with Gasteiger partial charge in [0.25, 0.3) is 0 Å². The van der Waals surface area contributed by atoms with Crippen LogP contribution in [0.1, 0.15) is 26.7 Å². The summed E-state index contributed by atoms with van der Waals surface area (Å²) >= 11 is 0. The number of nitrogens with one attached hydrogen (secondary N) is 2. The molecule has 122 valence electrons. The highest BCUT2D eigenvalue weighted by atomic mass is 16.5. The zero-order valence-electron chi connectivity index (χ0n) is 13.4. The SMILES string of the molecule is CC(C)COc1ccccc1NC(=O)COC1CCNCC1. The summed E-state index contributed by atoms with van der Waals surface area (Å²) in [5.74, 6) is 0.998. The Morgan fingerprint density at radius 2 is 2.05 bits per heavy atom. The van der Waals surface area contributed by atoms with Gasteiger partial charge in [0.05, 0.1) is 18.4 Å². The first kappa shape index (κ1) is 16.8. The van der Waals surface area contributed by atoms with Crippen molar-refractivity contribution in [1.82, 2.24) is 5.32 Å². The summed E-state index contributed by atoms with van der Waals surface area (Å²) in [4.78, 5) is 12.0. The third-order valence-electron chi connectivity index (χ3n) is 3.47. The van der Waals surface area contributed by atoms with E-state index in [1.165, 1.54) is 0 Å². The molecule has 0 radical (unpaired) electrons. The van der Waals surface area contributed by atoms with E-state index >= 15 is 0 Å². The molecule has 1 fully saturated rings. The Kier molecular flexibility index (Phi) is 6.68. The van der Waals surface area contributed by atoms with Crippen LogP contribution in [-0.4, -0.2) is 38.3 Å². The predicted octanol–water partition coefficient (Wildman–Crippen LogP) is 2.43. The van der Waals surface area contributed by atoms with Gasteiger partial charge in [-0.2, -0.15) is 0 Å². The maximum atomic E-state index is 12.0. The number of piperidine rings is 1. The van der Waals surface area contributed by atoms with Gasteiger partial charge in [-0.3, -0.25) is 4.79 Å². The second-order valence-electron chi connectivity index (χ2n) is 6.01.